The van der Waals surface area contributed by atoms with Gasteiger partial charge in [0.2, 0.25) is 5.95 Å². The molecule has 0 bridgehead atoms. The standard InChI is InChI=1S/C23H27ClN4/c1-15-12-21-17(3)25-23(27-22(21)13-16(15)2)26-20-8-10-28(11-9-20)14-18-4-6-19(24)7-5-18/h4-7,12-13,20H,8-11,14H2,1-3H3,(H,25,26,27). The monoisotopic (exact) mass is 394 g/mol. The maximum absolute atomic E-state index is 5.98. The minimum atomic E-state index is 0.421. The molecule has 1 N–H and O–H groups in total. The summed E-state index contributed by atoms with van der Waals surface area (Å²) < 4.78 is 0. The Morgan fingerprint density at radius 3 is 2.39 bits per heavy atom. The van der Waals surface area contributed by atoms with E-state index in [1.165, 1.54) is 16.7 Å². The van der Waals surface area contributed by atoms with E-state index in [0.29, 0.717) is 6.04 Å². The Morgan fingerprint density at radius 2 is 1.68 bits per heavy atom. The highest BCUT2D eigenvalue weighted by atomic mass is 35.5. The van der Waals surface area contributed by atoms with E-state index in [2.05, 4.69) is 55.3 Å². The molecule has 1 aliphatic rings. The van der Waals surface area contributed by atoms with Gasteiger partial charge in [-0.2, -0.15) is 0 Å². The number of aromatic nitrogens is 2. The molecule has 0 amide bonds. The molecule has 1 aliphatic heterocycles. The molecule has 0 radical (unpaired) electrons. The molecule has 0 atom stereocenters. The van der Waals surface area contributed by atoms with E-state index < -0.39 is 0 Å². The van der Waals surface area contributed by atoms with Crippen LogP contribution in [0.15, 0.2) is 36.4 Å². The number of rotatable bonds is 4. The first kappa shape index (κ1) is 19.2. The van der Waals surface area contributed by atoms with Crippen LogP contribution in [0.25, 0.3) is 10.9 Å². The van der Waals surface area contributed by atoms with Crippen molar-refractivity contribution >= 4 is 28.5 Å². The third-order valence-electron chi connectivity index (χ3n) is 5.74. The van der Waals surface area contributed by atoms with Gasteiger partial charge in [-0.05, 0) is 74.6 Å². The summed E-state index contributed by atoms with van der Waals surface area (Å²) in [5, 5.41) is 5.51. The molecular formula is C23H27ClN4. The first-order valence-corrected chi connectivity index (χ1v) is 10.3. The van der Waals surface area contributed by atoms with Gasteiger partial charge in [-0.1, -0.05) is 23.7 Å². The first-order chi connectivity index (χ1) is 13.5. The molecule has 0 spiro atoms. The lowest BCUT2D eigenvalue weighted by molar-refractivity contribution is 0.211. The van der Waals surface area contributed by atoms with Gasteiger partial charge >= 0.3 is 0 Å². The number of fused-ring (bicyclic) bond motifs is 1. The van der Waals surface area contributed by atoms with Crippen molar-refractivity contribution in [2.24, 2.45) is 0 Å². The molecule has 4 rings (SSSR count). The van der Waals surface area contributed by atoms with E-state index in [0.717, 1.165) is 60.0 Å². The highest BCUT2D eigenvalue weighted by Gasteiger charge is 2.20. The Kier molecular flexibility index (Phi) is 5.51. The summed E-state index contributed by atoms with van der Waals surface area (Å²) in [6.07, 6.45) is 2.20. The van der Waals surface area contributed by atoms with Crippen LogP contribution in [-0.4, -0.2) is 34.0 Å². The molecule has 3 aromatic rings. The van der Waals surface area contributed by atoms with Crippen LogP contribution in [0.2, 0.25) is 5.02 Å². The van der Waals surface area contributed by atoms with Crippen molar-refractivity contribution in [3.8, 4) is 0 Å². The summed E-state index contributed by atoms with van der Waals surface area (Å²) in [7, 11) is 0. The predicted molar refractivity (Wildman–Crippen MR) is 117 cm³/mol. The number of hydrogen-bond acceptors (Lipinski definition) is 4. The summed E-state index contributed by atoms with van der Waals surface area (Å²) in [6, 6.07) is 12.9. The Morgan fingerprint density at radius 1 is 1.00 bits per heavy atom. The molecule has 2 aromatic carbocycles. The lowest BCUT2D eigenvalue weighted by Crippen LogP contribution is -2.39. The number of aryl methyl sites for hydroxylation is 3. The van der Waals surface area contributed by atoms with Crippen LogP contribution in [0, 0.1) is 20.8 Å². The molecule has 0 aliphatic carbocycles. The Labute approximate surface area is 172 Å². The van der Waals surface area contributed by atoms with E-state index >= 15 is 0 Å². The molecule has 1 fully saturated rings. The fraction of sp³-hybridized carbons (Fsp3) is 0.391. The van der Waals surface area contributed by atoms with Gasteiger partial charge < -0.3 is 5.32 Å². The molecule has 1 saturated heterocycles. The van der Waals surface area contributed by atoms with Crippen molar-refractivity contribution in [1.82, 2.24) is 14.9 Å². The number of halogens is 1. The normalized spacial score (nSPS) is 15.9. The van der Waals surface area contributed by atoms with Gasteiger partial charge in [0.1, 0.15) is 0 Å². The van der Waals surface area contributed by atoms with Crippen molar-refractivity contribution in [1.29, 1.82) is 0 Å². The topological polar surface area (TPSA) is 41.1 Å². The Balaban J connectivity index is 1.39. The van der Waals surface area contributed by atoms with E-state index in [1.807, 2.05) is 12.1 Å². The molecule has 1 aromatic heterocycles. The van der Waals surface area contributed by atoms with E-state index in [4.69, 9.17) is 21.6 Å². The van der Waals surface area contributed by atoms with E-state index in [1.54, 1.807) is 0 Å². The SMILES string of the molecule is Cc1cc2nc(NC3CCN(Cc4ccc(Cl)cc4)CC3)nc(C)c2cc1C. The van der Waals surface area contributed by atoms with Crippen molar-refractivity contribution < 1.29 is 0 Å². The summed E-state index contributed by atoms with van der Waals surface area (Å²) in [5.41, 5.74) is 5.93. The first-order valence-electron chi connectivity index (χ1n) is 9.97. The van der Waals surface area contributed by atoms with Gasteiger partial charge in [0.15, 0.2) is 0 Å². The molecular weight excluding hydrogens is 368 g/mol. The molecule has 28 heavy (non-hydrogen) atoms. The summed E-state index contributed by atoms with van der Waals surface area (Å²) in [6.45, 7) is 9.47. The van der Waals surface area contributed by atoms with E-state index in [9.17, 15) is 0 Å². The van der Waals surface area contributed by atoms with Crippen molar-refractivity contribution in [3.63, 3.8) is 0 Å². The number of nitrogens with one attached hydrogen (secondary N) is 1. The zero-order valence-electron chi connectivity index (χ0n) is 16.8. The predicted octanol–water partition coefficient (Wildman–Crippen LogP) is 5.28. The maximum Gasteiger partial charge on any atom is 0.223 e. The number of piperidine rings is 1. The van der Waals surface area contributed by atoms with Gasteiger partial charge in [0, 0.05) is 36.1 Å². The van der Waals surface area contributed by atoms with Crippen LogP contribution >= 0.6 is 11.6 Å². The highest BCUT2D eigenvalue weighted by Crippen LogP contribution is 2.23. The van der Waals surface area contributed by atoms with Crippen LogP contribution in [0.5, 0.6) is 0 Å². The summed E-state index contributed by atoms with van der Waals surface area (Å²) >= 11 is 5.98. The third kappa shape index (κ3) is 4.29. The van der Waals surface area contributed by atoms with Gasteiger partial charge in [-0.25, -0.2) is 9.97 Å². The van der Waals surface area contributed by atoms with Crippen LogP contribution in [0.4, 0.5) is 5.95 Å². The summed E-state index contributed by atoms with van der Waals surface area (Å²) in [4.78, 5) is 12.0. The Hall–Kier alpha value is -2.17. The third-order valence-corrected chi connectivity index (χ3v) is 5.99. The lowest BCUT2D eigenvalue weighted by Gasteiger charge is -2.32. The lowest BCUT2D eigenvalue weighted by atomic mass is 10.0. The molecule has 5 heteroatoms. The second kappa shape index (κ2) is 8.06. The van der Waals surface area contributed by atoms with Gasteiger partial charge in [0.25, 0.3) is 0 Å². The average molecular weight is 395 g/mol. The van der Waals surface area contributed by atoms with Gasteiger partial charge in [-0.3, -0.25) is 4.90 Å². The Bertz CT molecular complexity index is 976. The van der Waals surface area contributed by atoms with Crippen molar-refractivity contribution in [2.75, 3.05) is 18.4 Å². The van der Waals surface area contributed by atoms with Crippen LogP contribution < -0.4 is 5.32 Å². The van der Waals surface area contributed by atoms with Crippen LogP contribution in [-0.2, 0) is 6.54 Å². The van der Waals surface area contributed by atoms with Crippen molar-refractivity contribution in [3.05, 3.63) is 63.8 Å². The minimum Gasteiger partial charge on any atom is -0.351 e. The molecule has 2 heterocycles. The second-order valence-corrected chi connectivity index (χ2v) is 8.34. The van der Waals surface area contributed by atoms with Crippen LogP contribution in [0.3, 0.4) is 0 Å². The van der Waals surface area contributed by atoms with Crippen LogP contribution in [0.1, 0.15) is 35.2 Å². The molecule has 146 valence electrons. The van der Waals surface area contributed by atoms with Crippen molar-refractivity contribution in [2.45, 2.75) is 46.2 Å². The molecule has 4 nitrogen and oxygen atoms in total. The minimum absolute atomic E-state index is 0.421. The average Bonchev–Trinajstić information content (AvgIpc) is 2.67. The second-order valence-electron chi connectivity index (χ2n) is 7.91. The number of nitrogens with zero attached hydrogens (tertiary/aromatic N) is 3. The zero-order chi connectivity index (χ0) is 19.7. The highest BCUT2D eigenvalue weighted by molar-refractivity contribution is 6.30. The zero-order valence-corrected chi connectivity index (χ0v) is 17.6. The summed E-state index contributed by atoms with van der Waals surface area (Å²) in [5.74, 6) is 0.754. The number of anilines is 1. The number of benzene rings is 2. The quantitative estimate of drug-likeness (QED) is 0.653. The largest absolute Gasteiger partial charge is 0.351 e. The van der Waals surface area contributed by atoms with E-state index in [-0.39, 0.29) is 0 Å². The fourth-order valence-corrected chi connectivity index (χ4v) is 4.00. The number of likely N-dealkylation sites (tertiary alicyclic amines) is 1. The maximum atomic E-state index is 5.98. The van der Waals surface area contributed by atoms with Gasteiger partial charge in [0.05, 0.1) is 11.2 Å². The number of hydrogen-bond donors (Lipinski definition) is 1. The smallest absolute Gasteiger partial charge is 0.223 e. The fourth-order valence-electron chi connectivity index (χ4n) is 3.87. The molecule has 0 unspecified atom stereocenters. The molecule has 0 saturated carbocycles. The van der Waals surface area contributed by atoms with Gasteiger partial charge in [-0.15, -0.1) is 0 Å².